The molecule has 1 aliphatic heterocycles. The highest BCUT2D eigenvalue weighted by Gasteiger charge is 2.14. The number of carbonyl (C=O) groups is 2. The molecule has 1 amide bonds. The molecular weight excluding hydrogens is 358 g/mol. The average Bonchev–Trinajstić information content (AvgIpc) is 3.09. The Hall–Kier alpha value is -2.99. The van der Waals surface area contributed by atoms with Crippen LogP contribution in [0.5, 0.6) is 11.5 Å². The van der Waals surface area contributed by atoms with E-state index >= 15 is 0 Å². The lowest BCUT2D eigenvalue weighted by molar-refractivity contribution is -0.111. The molecule has 1 N–H and O–H groups in total. The second kappa shape index (κ2) is 7.93. The van der Waals surface area contributed by atoms with Crippen molar-refractivity contribution in [3.8, 4) is 11.5 Å². The van der Waals surface area contributed by atoms with E-state index < -0.39 is 5.97 Å². The summed E-state index contributed by atoms with van der Waals surface area (Å²) < 4.78 is 15.5. The van der Waals surface area contributed by atoms with E-state index in [4.69, 9.17) is 25.8 Å². The summed E-state index contributed by atoms with van der Waals surface area (Å²) >= 11 is 6.00. The predicted octanol–water partition coefficient (Wildman–Crippen LogP) is 3.90. The highest BCUT2D eigenvalue weighted by molar-refractivity contribution is 6.33. The van der Waals surface area contributed by atoms with Crippen LogP contribution in [0.1, 0.15) is 22.8 Å². The molecule has 0 unspecified atom stereocenters. The van der Waals surface area contributed by atoms with E-state index in [9.17, 15) is 9.59 Å². The third-order valence-electron chi connectivity index (χ3n) is 3.55. The predicted molar refractivity (Wildman–Crippen MR) is 97.6 cm³/mol. The molecule has 0 radical (unpaired) electrons. The van der Waals surface area contributed by atoms with Crippen LogP contribution < -0.4 is 14.8 Å². The molecule has 0 atom stereocenters. The van der Waals surface area contributed by atoms with E-state index in [0.717, 1.165) is 5.56 Å². The van der Waals surface area contributed by atoms with Crippen molar-refractivity contribution < 1.29 is 23.8 Å². The Morgan fingerprint density at radius 3 is 2.81 bits per heavy atom. The zero-order chi connectivity index (χ0) is 18.5. The van der Waals surface area contributed by atoms with Gasteiger partial charge in [0, 0.05) is 11.8 Å². The molecule has 1 aliphatic rings. The fourth-order valence-corrected chi connectivity index (χ4v) is 2.54. The number of amides is 1. The van der Waals surface area contributed by atoms with Gasteiger partial charge < -0.3 is 19.5 Å². The van der Waals surface area contributed by atoms with Gasteiger partial charge in [-0.3, -0.25) is 4.79 Å². The van der Waals surface area contributed by atoms with E-state index in [1.54, 1.807) is 31.2 Å². The maximum Gasteiger partial charge on any atom is 0.339 e. The first-order chi connectivity index (χ1) is 12.6. The van der Waals surface area contributed by atoms with Gasteiger partial charge in [-0.2, -0.15) is 0 Å². The van der Waals surface area contributed by atoms with Crippen LogP contribution in [0.4, 0.5) is 5.69 Å². The molecule has 0 aliphatic carbocycles. The van der Waals surface area contributed by atoms with Gasteiger partial charge in [0.15, 0.2) is 11.5 Å². The number of halogens is 1. The molecule has 0 saturated carbocycles. The Kier molecular flexibility index (Phi) is 5.43. The molecule has 0 spiro atoms. The minimum atomic E-state index is -0.537. The van der Waals surface area contributed by atoms with Gasteiger partial charge in [0.2, 0.25) is 12.7 Å². The van der Waals surface area contributed by atoms with Gasteiger partial charge in [-0.15, -0.1) is 0 Å². The lowest BCUT2D eigenvalue weighted by atomic mass is 10.2. The SMILES string of the molecule is CCOC(=O)c1cc(NC(=O)/C=C/c2ccc3c(c2)OCO3)ccc1Cl. The van der Waals surface area contributed by atoms with Gasteiger partial charge in [-0.25, -0.2) is 4.79 Å². The average molecular weight is 374 g/mol. The summed E-state index contributed by atoms with van der Waals surface area (Å²) in [6.45, 7) is 2.14. The third kappa shape index (κ3) is 4.15. The molecular formula is C19H16ClNO5. The second-order valence-electron chi connectivity index (χ2n) is 5.35. The standard InChI is InChI=1S/C19H16ClNO5/c1-2-24-19(23)14-10-13(5-6-15(14)20)21-18(22)8-4-12-3-7-16-17(9-12)26-11-25-16/h3-10H,2,11H2,1H3,(H,21,22)/b8-4+. The fourth-order valence-electron chi connectivity index (χ4n) is 2.34. The Morgan fingerprint density at radius 1 is 1.19 bits per heavy atom. The van der Waals surface area contributed by atoms with E-state index in [2.05, 4.69) is 5.32 Å². The minimum Gasteiger partial charge on any atom is -0.462 e. The van der Waals surface area contributed by atoms with Crippen LogP contribution in [-0.4, -0.2) is 25.3 Å². The normalized spacial score (nSPS) is 12.2. The first-order valence-electron chi connectivity index (χ1n) is 7.92. The minimum absolute atomic E-state index is 0.197. The molecule has 2 aromatic rings. The van der Waals surface area contributed by atoms with Crippen molar-refractivity contribution in [1.29, 1.82) is 0 Å². The number of benzene rings is 2. The van der Waals surface area contributed by atoms with E-state index in [1.165, 1.54) is 18.2 Å². The van der Waals surface area contributed by atoms with Gasteiger partial charge in [-0.1, -0.05) is 17.7 Å². The summed E-state index contributed by atoms with van der Waals surface area (Å²) in [7, 11) is 0. The molecule has 0 saturated heterocycles. The fraction of sp³-hybridized carbons (Fsp3) is 0.158. The number of anilines is 1. The van der Waals surface area contributed by atoms with Crippen LogP contribution in [0, 0.1) is 0 Å². The number of ether oxygens (including phenoxy) is 3. The summed E-state index contributed by atoms with van der Waals surface area (Å²) in [5.41, 5.74) is 1.44. The number of nitrogens with one attached hydrogen (secondary N) is 1. The van der Waals surface area contributed by atoms with Crippen molar-refractivity contribution in [2.45, 2.75) is 6.92 Å². The Balaban J connectivity index is 1.68. The number of fused-ring (bicyclic) bond motifs is 1. The van der Waals surface area contributed by atoms with Crippen LogP contribution in [0.15, 0.2) is 42.5 Å². The molecule has 0 aromatic heterocycles. The zero-order valence-corrected chi connectivity index (χ0v) is 14.7. The molecule has 134 valence electrons. The van der Waals surface area contributed by atoms with Crippen LogP contribution in [0.25, 0.3) is 6.08 Å². The first-order valence-corrected chi connectivity index (χ1v) is 8.30. The highest BCUT2D eigenvalue weighted by atomic mass is 35.5. The van der Waals surface area contributed by atoms with Gasteiger partial charge >= 0.3 is 5.97 Å². The summed E-state index contributed by atoms with van der Waals surface area (Å²) in [4.78, 5) is 24.0. The second-order valence-corrected chi connectivity index (χ2v) is 5.76. The number of hydrogen-bond donors (Lipinski definition) is 1. The third-order valence-corrected chi connectivity index (χ3v) is 3.88. The monoisotopic (exact) mass is 373 g/mol. The number of carbonyl (C=O) groups excluding carboxylic acids is 2. The zero-order valence-electron chi connectivity index (χ0n) is 14.0. The summed E-state index contributed by atoms with van der Waals surface area (Å²) in [6, 6.07) is 10.0. The molecule has 3 rings (SSSR count). The molecule has 0 bridgehead atoms. The summed E-state index contributed by atoms with van der Waals surface area (Å²) in [5, 5.41) is 2.94. The maximum atomic E-state index is 12.1. The molecule has 2 aromatic carbocycles. The topological polar surface area (TPSA) is 73.9 Å². The summed E-state index contributed by atoms with van der Waals surface area (Å²) in [6.07, 6.45) is 3.04. The summed E-state index contributed by atoms with van der Waals surface area (Å²) in [5.74, 6) is 0.438. The lowest BCUT2D eigenvalue weighted by Crippen LogP contribution is -2.10. The Morgan fingerprint density at radius 2 is 2.00 bits per heavy atom. The van der Waals surface area contributed by atoms with Gasteiger partial charge in [0.25, 0.3) is 0 Å². The van der Waals surface area contributed by atoms with Gasteiger partial charge in [-0.05, 0) is 48.9 Å². The van der Waals surface area contributed by atoms with Crippen LogP contribution in [-0.2, 0) is 9.53 Å². The van der Waals surface area contributed by atoms with Crippen LogP contribution in [0.3, 0.4) is 0 Å². The molecule has 1 heterocycles. The van der Waals surface area contributed by atoms with Gasteiger partial charge in [0.1, 0.15) is 0 Å². The largest absolute Gasteiger partial charge is 0.462 e. The van der Waals surface area contributed by atoms with Crippen molar-refractivity contribution in [3.05, 3.63) is 58.6 Å². The van der Waals surface area contributed by atoms with E-state index in [-0.39, 0.29) is 29.9 Å². The highest BCUT2D eigenvalue weighted by Crippen LogP contribution is 2.32. The molecule has 7 heteroatoms. The first kappa shape index (κ1) is 17.8. The van der Waals surface area contributed by atoms with Crippen molar-refractivity contribution in [2.75, 3.05) is 18.7 Å². The van der Waals surface area contributed by atoms with E-state index in [1.807, 2.05) is 6.07 Å². The van der Waals surface area contributed by atoms with Crippen molar-refractivity contribution >= 4 is 35.2 Å². The van der Waals surface area contributed by atoms with Crippen molar-refractivity contribution in [3.63, 3.8) is 0 Å². The molecule has 0 fully saturated rings. The van der Waals surface area contributed by atoms with E-state index in [0.29, 0.717) is 17.2 Å². The van der Waals surface area contributed by atoms with Crippen LogP contribution in [0.2, 0.25) is 5.02 Å². The molecule has 6 nitrogen and oxygen atoms in total. The number of rotatable bonds is 5. The molecule has 26 heavy (non-hydrogen) atoms. The quantitative estimate of drug-likeness (QED) is 0.635. The smallest absolute Gasteiger partial charge is 0.339 e. The Labute approximate surface area is 155 Å². The van der Waals surface area contributed by atoms with Crippen molar-refractivity contribution in [1.82, 2.24) is 0 Å². The lowest BCUT2D eigenvalue weighted by Gasteiger charge is -2.07. The van der Waals surface area contributed by atoms with Crippen molar-refractivity contribution in [2.24, 2.45) is 0 Å². The van der Waals surface area contributed by atoms with Gasteiger partial charge in [0.05, 0.1) is 17.2 Å². The number of hydrogen-bond acceptors (Lipinski definition) is 5. The Bertz CT molecular complexity index is 878. The maximum absolute atomic E-state index is 12.1. The van der Waals surface area contributed by atoms with Crippen LogP contribution >= 0.6 is 11.6 Å². The number of esters is 1.